The standard InChI is InChI=1S/C7H4ClN2/c8-5-2-1-3-6-7(5)10-4-9-6/h1,3-4H,(H,9,10). The Morgan fingerprint density at radius 3 is 3.30 bits per heavy atom. The molecule has 2 rings (SSSR count). The number of H-pyrrole nitrogens is 1. The number of rotatable bonds is 0. The summed E-state index contributed by atoms with van der Waals surface area (Å²) in [5.74, 6) is 0. The minimum Gasteiger partial charge on any atom is -0.345 e. The average Bonchev–Trinajstić information content (AvgIpc) is 2.36. The lowest BCUT2D eigenvalue weighted by Gasteiger charge is -1.87. The normalized spacial score (nSPS) is 10.5. The quantitative estimate of drug-likeness (QED) is 0.613. The molecule has 1 N–H and O–H groups in total. The zero-order valence-electron chi connectivity index (χ0n) is 5.06. The van der Waals surface area contributed by atoms with Crippen LogP contribution in [0.2, 0.25) is 5.02 Å². The number of fused-ring (bicyclic) bond motifs is 1. The number of nitrogens with one attached hydrogen (secondary N) is 1. The molecule has 2 aromatic rings. The second-order valence-electron chi connectivity index (χ2n) is 1.96. The predicted molar refractivity (Wildman–Crippen MR) is 39.9 cm³/mol. The largest absolute Gasteiger partial charge is 0.345 e. The van der Waals surface area contributed by atoms with Gasteiger partial charge in [-0.05, 0) is 6.07 Å². The van der Waals surface area contributed by atoms with Crippen LogP contribution in [-0.2, 0) is 0 Å². The highest BCUT2D eigenvalue weighted by atomic mass is 35.5. The van der Waals surface area contributed by atoms with Gasteiger partial charge < -0.3 is 4.98 Å². The number of halogens is 1. The first-order valence-corrected chi connectivity index (χ1v) is 3.25. The van der Waals surface area contributed by atoms with Crippen LogP contribution in [-0.4, -0.2) is 9.97 Å². The summed E-state index contributed by atoms with van der Waals surface area (Å²) in [7, 11) is 0. The van der Waals surface area contributed by atoms with Crippen LogP contribution in [0.15, 0.2) is 18.5 Å². The van der Waals surface area contributed by atoms with Crippen molar-refractivity contribution in [2.45, 2.75) is 0 Å². The lowest BCUT2D eigenvalue weighted by molar-refractivity contribution is 1.34. The Hall–Kier alpha value is -1.02. The van der Waals surface area contributed by atoms with Gasteiger partial charge in [-0.3, -0.25) is 0 Å². The van der Waals surface area contributed by atoms with Gasteiger partial charge in [-0.25, -0.2) is 4.98 Å². The lowest BCUT2D eigenvalue weighted by Crippen LogP contribution is -1.69. The molecule has 0 bridgehead atoms. The lowest BCUT2D eigenvalue weighted by atomic mass is 10.3. The molecule has 0 aliphatic rings. The first-order chi connectivity index (χ1) is 4.88. The van der Waals surface area contributed by atoms with E-state index in [1.54, 1.807) is 12.4 Å². The van der Waals surface area contributed by atoms with Crippen LogP contribution < -0.4 is 0 Å². The van der Waals surface area contributed by atoms with E-state index in [9.17, 15) is 0 Å². The smallest absolute Gasteiger partial charge is 0.107 e. The molecule has 0 saturated heterocycles. The Kier molecular flexibility index (Phi) is 1.14. The molecule has 2 nitrogen and oxygen atoms in total. The number of aromatic nitrogens is 2. The highest BCUT2D eigenvalue weighted by molar-refractivity contribution is 6.34. The van der Waals surface area contributed by atoms with E-state index in [0.717, 1.165) is 11.0 Å². The summed E-state index contributed by atoms with van der Waals surface area (Å²) < 4.78 is 0. The maximum Gasteiger partial charge on any atom is 0.107 e. The summed E-state index contributed by atoms with van der Waals surface area (Å²) in [5, 5.41) is 0.568. The number of benzene rings is 1. The molecule has 0 spiro atoms. The van der Waals surface area contributed by atoms with Crippen LogP contribution >= 0.6 is 11.6 Å². The van der Waals surface area contributed by atoms with Gasteiger partial charge in [-0.2, -0.15) is 0 Å². The SMILES string of the molecule is Clc1[c]ccc2[nH]cnc12. The Bertz CT molecular complexity index is 353. The molecule has 0 amide bonds. The van der Waals surface area contributed by atoms with Gasteiger partial charge in [-0.15, -0.1) is 0 Å². The van der Waals surface area contributed by atoms with Gasteiger partial charge in [0.25, 0.3) is 0 Å². The summed E-state index contributed by atoms with van der Waals surface area (Å²) >= 11 is 5.76. The summed E-state index contributed by atoms with van der Waals surface area (Å²) in [6.07, 6.45) is 1.62. The van der Waals surface area contributed by atoms with E-state index >= 15 is 0 Å². The third-order valence-corrected chi connectivity index (χ3v) is 1.62. The third-order valence-electron chi connectivity index (χ3n) is 1.34. The van der Waals surface area contributed by atoms with Crippen molar-refractivity contribution in [2.75, 3.05) is 0 Å². The van der Waals surface area contributed by atoms with Crippen LogP contribution in [0.25, 0.3) is 11.0 Å². The highest BCUT2D eigenvalue weighted by Crippen LogP contribution is 2.17. The fraction of sp³-hybridized carbons (Fsp3) is 0. The summed E-state index contributed by atoms with van der Waals surface area (Å²) in [6.45, 7) is 0. The monoisotopic (exact) mass is 151 g/mol. The van der Waals surface area contributed by atoms with Crippen molar-refractivity contribution in [3.05, 3.63) is 29.5 Å². The van der Waals surface area contributed by atoms with Crippen LogP contribution in [0.3, 0.4) is 0 Å². The second kappa shape index (κ2) is 1.99. The fourth-order valence-electron chi connectivity index (χ4n) is 0.873. The minimum absolute atomic E-state index is 0.568. The molecule has 1 radical (unpaired) electrons. The van der Waals surface area contributed by atoms with Crippen LogP contribution in [0.1, 0.15) is 0 Å². The van der Waals surface area contributed by atoms with E-state index in [-0.39, 0.29) is 0 Å². The zero-order chi connectivity index (χ0) is 6.97. The van der Waals surface area contributed by atoms with Gasteiger partial charge >= 0.3 is 0 Å². The van der Waals surface area contributed by atoms with Crippen molar-refractivity contribution in [2.24, 2.45) is 0 Å². The molecule has 0 aliphatic carbocycles. The van der Waals surface area contributed by atoms with E-state index in [0.29, 0.717) is 5.02 Å². The van der Waals surface area contributed by atoms with Crippen molar-refractivity contribution in [3.63, 3.8) is 0 Å². The van der Waals surface area contributed by atoms with Gasteiger partial charge in [0.05, 0.1) is 16.9 Å². The van der Waals surface area contributed by atoms with Crippen molar-refractivity contribution >= 4 is 22.6 Å². The van der Waals surface area contributed by atoms with Gasteiger partial charge in [-0.1, -0.05) is 17.7 Å². The minimum atomic E-state index is 0.568. The van der Waals surface area contributed by atoms with Crippen molar-refractivity contribution in [1.82, 2.24) is 9.97 Å². The van der Waals surface area contributed by atoms with Gasteiger partial charge in [0.2, 0.25) is 0 Å². The number of imidazole rings is 1. The molecule has 49 valence electrons. The fourth-order valence-corrected chi connectivity index (χ4v) is 1.09. The number of aromatic amines is 1. The van der Waals surface area contributed by atoms with Gasteiger partial charge in [0.1, 0.15) is 5.52 Å². The molecule has 1 aromatic carbocycles. The van der Waals surface area contributed by atoms with E-state index in [1.807, 2.05) is 6.07 Å². The Labute approximate surface area is 62.8 Å². The molecular weight excluding hydrogens is 148 g/mol. The first-order valence-electron chi connectivity index (χ1n) is 2.87. The van der Waals surface area contributed by atoms with Crippen LogP contribution in [0.5, 0.6) is 0 Å². The maximum absolute atomic E-state index is 5.76. The van der Waals surface area contributed by atoms with E-state index in [4.69, 9.17) is 11.6 Å². The molecule has 10 heavy (non-hydrogen) atoms. The van der Waals surface area contributed by atoms with E-state index in [2.05, 4.69) is 16.0 Å². The highest BCUT2D eigenvalue weighted by Gasteiger charge is 1.97. The number of hydrogen-bond acceptors (Lipinski definition) is 1. The Morgan fingerprint density at radius 2 is 2.50 bits per heavy atom. The van der Waals surface area contributed by atoms with E-state index < -0.39 is 0 Å². The molecule has 3 heteroatoms. The average molecular weight is 152 g/mol. The van der Waals surface area contributed by atoms with E-state index in [1.165, 1.54) is 0 Å². The Morgan fingerprint density at radius 1 is 1.60 bits per heavy atom. The summed E-state index contributed by atoms with van der Waals surface area (Å²) in [6, 6.07) is 6.49. The molecular formula is C7H4ClN2. The van der Waals surface area contributed by atoms with Crippen molar-refractivity contribution in [1.29, 1.82) is 0 Å². The molecule has 0 saturated carbocycles. The maximum atomic E-state index is 5.76. The van der Waals surface area contributed by atoms with Crippen molar-refractivity contribution in [3.8, 4) is 0 Å². The summed E-state index contributed by atoms with van der Waals surface area (Å²) in [4.78, 5) is 6.94. The number of nitrogens with zero attached hydrogens (tertiary/aromatic N) is 1. The molecule has 1 heterocycles. The zero-order valence-corrected chi connectivity index (χ0v) is 5.81. The van der Waals surface area contributed by atoms with Gasteiger partial charge in [0.15, 0.2) is 0 Å². The molecule has 0 atom stereocenters. The predicted octanol–water partition coefficient (Wildman–Crippen LogP) is 2.02. The molecule has 0 unspecified atom stereocenters. The molecule has 0 fully saturated rings. The second-order valence-corrected chi connectivity index (χ2v) is 2.33. The van der Waals surface area contributed by atoms with Crippen molar-refractivity contribution < 1.29 is 0 Å². The summed E-state index contributed by atoms with van der Waals surface area (Å²) in [5.41, 5.74) is 1.73. The molecule has 0 aliphatic heterocycles. The first kappa shape index (κ1) is 5.74. The van der Waals surface area contributed by atoms with Crippen LogP contribution in [0, 0.1) is 6.07 Å². The van der Waals surface area contributed by atoms with Crippen LogP contribution in [0.4, 0.5) is 0 Å². The topological polar surface area (TPSA) is 28.7 Å². The number of hydrogen-bond donors (Lipinski definition) is 1. The third kappa shape index (κ3) is 0.693. The molecule has 1 aromatic heterocycles. The van der Waals surface area contributed by atoms with Gasteiger partial charge in [0, 0.05) is 6.07 Å². The Balaban J connectivity index is 2.95.